The lowest BCUT2D eigenvalue weighted by Gasteiger charge is -2.23. The number of aromatic amines is 1. The Morgan fingerprint density at radius 3 is 2.61 bits per heavy atom. The van der Waals surface area contributed by atoms with Crippen LogP contribution in [-0.2, 0) is 9.59 Å². The third-order valence-corrected chi connectivity index (χ3v) is 6.44. The number of hydrogen-bond donors (Lipinski definition) is 3. The summed E-state index contributed by atoms with van der Waals surface area (Å²) in [6.45, 7) is 0.0311. The van der Waals surface area contributed by atoms with Crippen molar-refractivity contribution >= 4 is 40.4 Å². The Kier molecular flexibility index (Phi) is 5.26. The molecule has 1 aromatic heterocycles. The number of carbonyl (C=O) groups excluding carboxylic acids is 2. The molecule has 0 bridgehead atoms. The number of H-pyrrole nitrogens is 1. The SMILES string of the molecule is COc1cccc(C2/C(=C(\O)c3ccc4c(c3)OCO4)C(=O)C(=O)N2c2nc3ccc(C(=O)O)cc3[nH]2)c1. The maximum absolute atomic E-state index is 13.4. The molecule has 6 rings (SSSR count). The largest absolute Gasteiger partial charge is 0.507 e. The summed E-state index contributed by atoms with van der Waals surface area (Å²) in [4.78, 5) is 46.8. The van der Waals surface area contributed by atoms with Crippen molar-refractivity contribution in [2.24, 2.45) is 0 Å². The van der Waals surface area contributed by atoms with Crippen LogP contribution >= 0.6 is 0 Å². The maximum atomic E-state index is 13.4. The molecule has 1 amide bonds. The lowest BCUT2D eigenvalue weighted by Crippen LogP contribution is -2.30. The fraction of sp³-hybridized carbons (Fsp3) is 0.111. The highest BCUT2D eigenvalue weighted by atomic mass is 16.7. The summed E-state index contributed by atoms with van der Waals surface area (Å²) in [6, 6.07) is 14.7. The van der Waals surface area contributed by atoms with Crippen molar-refractivity contribution in [3.05, 3.63) is 82.9 Å². The number of hydrogen-bond acceptors (Lipinski definition) is 8. The molecular weight excluding hydrogens is 494 g/mol. The van der Waals surface area contributed by atoms with E-state index in [1.165, 1.54) is 31.4 Å². The van der Waals surface area contributed by atoms with Gasteiger partial charge in [0.1, 0.15) is 11.5 Å². The van der Waals surface area contributed by atoms with Crippen molar-refractivity contribution in [1.82, 2.24) is 9.97 Å². The minimum Gasteiger partial charge on any atom is -0.507 e. The van der Waals surface area contributed by atoms with Crippen LogP contribution in [0.25, 0.3) is 16.8 Å². The number of aromatic carboxylic acids is 1. The molecule has 1 saturated heterocycles. The van der Waals surface area contributed by atoms with Crippen molar-refractivity contribution < 1.29 is 38.8 Å². The number of methoxy groups -OCH3 is 1. The van der Waals surface area contributed by atoms with E-state index >= 15 is 0 Å². The van der Waals surface area contributed by atoms with Gasteiger partial charge in [0.05, 0.1) is 35.3 Å². The van der Waals surface area contributed by atoms with E-state index in [4.69, 9.17) is 14.2 Å². The standard InChI is InChI=1S/C27H19N3O8/c1-36-16-4-2-3-13(9-16)22-21(23(31)14-6-8-19-20(11-14)38-12-37-19)24(32)25(33)30(22)27-28-17-7-5-15(26(34)35)10-18(17)29-27/h2-11,22,31H,12H2,1H3,(H,28,29)(H,34,35)/b23-21+. The molecule has 1 unspecified atom stereocenters. The van der Waals surface area contributed by atoms with Gasteiger partial charge in [-0.2, -0.15) is 0 Å². The van der Waals surface area contributed by atoms with Gasteiger partial charge in [0.2, 0.25) is 12.7 Å². The van der Waals surface area contributed by atoms with Crippen LogP contribution in [0.15, 0.2) is 66.2 Å². The zero-order valence-electron chi connectivity index (χ0n) is 19.8. The van der Waals surface area contributed by atoms with Crippen LogP contribution in [0.3, 0.4) is 0 Å². The number of benzene rings is 3. The third kappa shape index (κ3) is 3.60. The van der Waals surface area contributed by atoms with Crippen molar-refractivity contribution in [1.29, 1.82) is 0 Å². The van der Waals surface area contributed by atoms with E-state index in [1.54, 1.807) is 36.4 Å². The second-order valence-electron chi connectivity index (χ2n) is 8.61. The van der Waals surface area contributed by atoms with Crippen LogP contribution in [0.1, 0.15) is 27.5 Å². The minimum absolute atomic E-state index is 0.0159. The molecule has 3 aromatic carbocycles. The molecular formula is C27H19N3O8. The molecule has 38 heavy (non-hydrogen) atoms. The fourth-order valence-corrected chi connectivity index (χ4v) is 4.62. The lowest BCUT2D eigenvalue weighted by atomic mass is 9.95. The van der Waals surface area contributed by atoms with E-state index in [1.807, 2.05) is 0 Å². The van der Waals surface area contributed by atoms with Crippen LogP contribution < -0.4 is 19.1 Å². The van der Waals surface area contributed by atoms with E-state index in [-0.39, 0.29) is 29.4 Å². The van der Waals surface area contributed by atoms with Crippen LogP contribution in [0.4, 0.5) is 5.95 Å². The van der Waals surface area contributed by atoms with E-state index in [0.29, 0.717) is 33.8 Å². The van der Waals surface area contributed by atoms with E-state index < -0.39 is 29.5 Å². The number of carbonyl (C=O) groups is 3. The highest BCUT2D eigenvalue weighted by molar-refractivity contribution is 6.51. The summed E-state index contributed by atoms with van der Waals surface area (Å²) in [7, 11) is 1.49. The number of ether oxygens (including phenoxy) is 3. The number of carboxylic acid groups (broad SMARTS) is 1. The molecule has 0 aliphatic carbocycles. The fourth-order valence-electron chi connectivity index (χ4n) is 4.62. The normalized spacial score (nSPS) is 17.8. The zero-order chi connectivity index (χ0) is 26.6. The summed E-state index contributed by atoms with van der Waals surface area (Å²) in [5.41, 5.74) is 1.37. The first kappa shape index (κ1) is 23.1. The predicted molar refractivity (Wildman–Crippen MR) is 133 cm³/mol. The van der Waals surface area contributed by atoms with Crippen molar-refractivity contribution in [3.63, 3.8) is 0 Å². The van der Waals surface area contributed by atoms with E-state index in [0.717, 1.165) is 4.90 Å². The molecule has 4 aromatic rings. The number of anilines is 1. The van der Waals surface area contributed by atoms with Crippen LogP contribution in [-0.4, -0.2) is 51.7 Å². The van der Waals surface area contributed by atoms with E-state index in [2.05, 4.69) is 9.97 Å². The highest BCUT2D eigenvalue weighted by Crippen LogP contribution is 2.43. The number of fused-ring (bicyclic) bond motifs is 2. The van der Waals surface area contributed by atoms with Crippen molar-refractivity contribution in [2.75, 3.05) is 18.8 Å². The predicted octanol–water partition coefficient (Wildman–Crippen LogP) is 3.62. The third-order valence-electron chi connectivity index (χ3n) is 6.44. The van der Waals surface area contributed by atoms with Gasteiger partial charge in [-0.15, -0.1) is 0 Å². The molecule has 2 aliphatic rings. The summed E-state index contributed by atoms with van der Waals surface area (Å²) in [6.07, 6.45) is 0. The molecule has 3 heterocycles. The maximum Gasteiger partial charge on any atom is 0.335 e. The lowest BCUT2D eigenvalue weighted by molar-refractivity contribution is -0.132. The number of Topliss-reactive ketones (excluding diaryl/α,β-unsaturated/α-hetero) is 1. The van der Waals surface area contributed by atoms with Gasteiger partial charge in [-0.05, 0) is 54.1 Å². The Morgan fingerprint density at radius 1 is 1.03 bits per heavy atom. The Balaban J connectivity index is 1.54. The Labute approximate surface area is 214 Å². The molecule has 1 atom stereocenters. The number of ketones is 1. The quantitative estimate of drug-likeness (QED) is 0.206. The summed E-state index contributed by atoms with van der Waals surface area (Å²) in [5.74, 6) is -1.97. The van der Waals surface area contributed by atoms with Gasteiger partial charge in [-0.1, -0.05) is 12.1 Å². The first-order valence-electron chi connectivity index (χ1n) is 11.4. The van der Waals surface area contributed by atoms with Gasteiger partial charge in [-0.25, -0.2) is 9.78 Å². The number of nitrogens with one attached hydrogen (secondary N) is 1. The van der Waals surface area contributed by atoms with Crippen LogP contribution in [0.5, 0.6) is 17.2 Å². The summed E-state index contributed by atoms with van der Waals surface area (Å²) < 4.78 is 16.1. The van der Waals surface area contributed by atoms with Crippen LogP contribution in [0, 0.1) is 0 Å². The van der Waals surface area contributed by atoms with Gasteiger partial charge in [0.15, 0.2) is 11.5 Å². The topological polar surface area (TPSA) is 151 Å². The number of imidazole rings is 1. The Morgan fingerprint density at radius 2 is 1.82 bits per heavy atom. The molecule has 11 heteroatoms. The van der Waals surface area contributed by atoms with Crippen LogP contribution in [0.2, 0.25) is 0 Å². The van der Waals surface area contributed by atoms with Gasteiger partial charge >= 0.3 is 11.9 Å². The molecule has 11 nitrogen and oxygen atoms in total. The molecule has 190 valence electrons. The number of rotatable bonds is 5. The smallest absolute Gasteiger partial charge is 0.335 e. The first-order valence-corrected chi connectivity index (χ1v) is 11.4. The summed E-state index contributed by atoms with van der Waals surface area (Å²) in [5, 5.41) is 20.7. The zero-order valence-corrected chi connectivity index (χ0v) is 19.8. The molecule has 0 saturated carbocycles. The van der Waals surface area contributed by atoms with Crippen molar-refractivity contribution in [2.45, 2.75) is 6.04 Å². The Hall–Kier alpha value is -5.32. The van der Waals surface area contributed by atoms with Crippen molar-refractivity contribution in [3.8, 4) is 17.2 Å². The first-order chi connectivity index (χ1) is 18.4. The average molecular weight is 513 g/mol. The molecule has 0 radical (unpaired) electrons. The number of aliphatic hydroxyl groups excluding tert-OH is 1. The average Bonchev–Trinajstić information content (AvgIpc) is 3.63. The van der Waals surface area contributed by atoms with Gasteiger partial charge in [0, 0.05) is 5.56 Å². The number of aromatic nitrogens is 2. The number of amides is 1. The minimum atomic E-state index is -1.12. The molecule has 1 fully saturated rings. The summed E-state index contributed by atoms with van der Waals surface area (Å²) >= 11 is 0. The second kappa shape index (κ2) is 8.66. The molecule has 3 N–H and O–H groups in total. The van der Waals surface area contributed by atoms with E-state index in [9.17, 15) is 24.6 Å². The molecule has 0 spiro atoms. The highest BCUT2D eigenvalue weighted by Gasteiger charge is 2.48. The number of nitrogens with zero attached hydrogens (tertiary/aromatic N) is 2. The molecule has 2 aliphatic heterocycles. The monoisotopic (exact) mass is 513 g/mol. The van der Waals surface area contributed by atoms with Gasteiger partial charge < -0.3 is 29.4 Å². The number of carboxylic acids is 1. The second-order valence-corrected chi connectivity index (χ2v) is 8.61. The van der Waals surface area contributed by atoms with Gasteiger partial charge in [0.25, 0.3) is 5.78 Å². The van der Waals surface area contributed by atoms with Gasteiger partial charge in [-0.3, -0.25) is 14.5 Å². The Bertz CT molecular complexity index is 1690. The number of aliphatic hydroxyl groups is 1.